The maximum atomic E-state index is 12.6. The standard InChI is InChI=1S/C20H16Cl2N2O/c21-15-4-1-3-14(11-15)20(25)24-9-7-13(8-10-24)17-12-23-19-16(17)5-2-6-18(19)22/h1-7,11-12,23H,8-10H2. The van der Waals surface area contributed by atoms with Crippen LogP contribution in [0.3, 0.4) is 0 Å². The molecule has 0 spiro atoms. The Kier molecular flexibility index (Phi) is 4.28. The van der Waals surface area contributed by atoms with Crippen molar-refractivity contribution in [2.75, 3.05) is 13.1 Å². The molecule has 0 aliphatic carbocycles. The number of nitrogens with one attached hydrogen (secondary N) is 1. The topological polar surface area (TPSA) is 36.1 Å². The van der Waals surface area contributed by atoms with Gasteiger partial charge in [-0.3, -0.25) is 4.79 Å². The third kappa shape index (κ3) is 3.06. The SMILES string of the molecule is O=C(c1cccc(Cl)c1)N1CC=C(c2c[nH]c3c(Cl)cccc23)CC1. The number of halogens is 2. The van der Waals surface area contributed by atoms with Crippen LogP contribution in [0, 0.1) is 0 Å². The van der Waals surface area contributed by atoms with Gasteiger partial charge in [-0.15, -0.1) is 0 Å². The second kappa shape index (κ2) is 6.58. The molecule has 0 saturated carbocycles. The van der Waals surface area contributed by atoms with Crippen molar-refractivity contribution in [3.63, 3.8) is 0 Å². The fourth-order valence-corrected chi connectivity index (χ4v) is 3.70. The van der Waals surface area contributed by atoms with Gasteiger partial charge in [-0.1, -0.05) is 47.5 Å². The second-order valence-electron chi connectivity index (χ2n) is 6.11. The van der Waals surface area contributed by atoms with Gasteiger partial charge in [0.2, 0.25) is 0 Å². The van der Waals surface area contributed by atoms with Gasteiger partial charge < -0.3 is 9.88 Å². The number of amides is 1. The number of carbonyl (C=O) groups excluding carboxylic acids is 1. The van der Waals surface area contributed by atoms with Crippen molar-refractivity contribution in [2.45, 2.75) is 6.42 Å². The molecule has 0 atom stereocenters. The third-order valence-electron chi connectivity index (χ3n) is 4.58. The number of hydrogen-bond acceptors (Lipinski definition) is 1. The molecule has 2 aromatic carbocycles. The van der Waals surface area contributed by atoms with Crippen LogP contribution in [0.25, 0.3) is 16.5 Å². The lowest BCUT2D eigenvalue weighted by Crippen LogP contribution is -2.34. The number of fused-ring (bicyclic) bond motifs is 1. The van der Waals surface area contributed by atoms with Gasteiger partial charge in [0.25, 0.3) is 5.91 Å². The lowest BCUT2D eigenvalue weighted by molar-refractivity contribution is 0.0773. The number of aromatic nitrogens is 1. The van der Waals surface area contributed by atoms with E-state index in [0.29, 0.717) is 23.7 Å². The lowest BCUT2D eigenvalue weighted by Gasteiger charge is -2.26. The molecule has 126 valence electrons. The molecular formula is C20H16Cl2N2O. The van der Waals surface area contributed by atoms with Gasteiger partial charge in [-0.2, -0.15) is 0 Å². The van der Waals surface area contributed by atoms with Gasteiger partial charge in [-0.05, 0) is 36.3 Å². The highest BCUT2D eigenvalue weighted by molar-refractivity contribution is 6.35. The van der Waals surface area contributed by atoms with Crippen molar-refractivity contribution >= 4 is 45.6 Å². The molecule has 3 nitrogen and oxygen atoms in total. The Bertz CT molecular complexity index is 990. The van der Waals surface area contributed by atoms with Gasteiger partial charge in [0.1, 0.15) is 0 Å². The van der Waals surface area contributed by atoms with Gasteiger partial charge in [0, 0.05) is 40.8 Å². The Morgan fingerprint density at radius 2 is 1.96 bits per heavy atom. The average molecular weight is 371 g/mol. The summed E-state index contributed by atoms with van der Waals surface area (Å²) in [4.78, 5) is 17.7. The first-order chi connectivity index (χ1) is 12.1. The number of aromatic amines is 1. The van der Waals surface area contributed by atoms with Crippen molar-refractivity contribution in [1.82, 2.24) is 9.88 Å². The third-order valence-corrected chi connectivity index (χ3v) is 5.13. The molecule has 0 unspecified atom stereocenters. The van der Waals surface area contributed by atoms with Crippen LogP contribution < -0.4 is 0 Å². The summed E-state index contributed by atoms with van der Waals surface area (Å²) in [6, 6.07) is 13.0. The Hall–Kier alpha value is -2.23. The van der Waals surface area contributed by atoms with E-state index in [9.17, 15) is 4.79 Å². The fourth-order valence-electron chi connectivity index (χ4n) is 3.29. The van der Waals surface area contributed by atoms with E-state index in [4.69, 9.17) is 23.2 Å². The molecule has 0 radical (unpaired) electrons. The summed E-state index contributed by atoms with van der Waals surface area (Å²) in [6.07, 6.45) is 4.93. The molecule has 0 bridgehead atoms. The molecule has 2 heterocycles. The van der Waals surface area contributed by atoms with Gasteiger partial charge in [-0.25, -0.2) is 0 Å². The van der Waals surface area contributed by atoms with Crippen molar-refractivity contribution in [2.24, 2.45) is 0 Å². The molecular weight excluding hydrogens is 355 g/mol. The second-order valence-corrected chi connectivity index (χ2v) is 6.95. The van der Waals surface area contributed by atoms with Crippen LogP contribution in [0.5, 0.6) is 0 Å². The first-order valence-electron chi connectivity index (χ1n) is 8.13. The molecule has 1 amide bonds. The molecule has 3 aromatic rings. The zero-order valence-electron chi connectivity index (χ0n) is 13.4. The van der Waals surface area contributed by atoms with Crippen molar-refractivity contribution < 1.29 is 4.79 Å². The number of nitrogens with zero attached hydrogens (tertiary/aromatic N) is 1. The van der Waals surface area contributed by atoms with Crippen molar-refractivity contribution in [3.05, 3.63) is 75.9 Å². The number of para-hydroxylation sites is 1. The van der Waals surface area contributed by atoms with Crippen LogP contribution in [0.2, 0.25) is 10.0 Å². The van der Waals surface area contributed by atoms with Crippen LogP contribution in [0.4, 0.5) is 0 Å². The number of hydrogen-bond donors (Lipinski definition) is 1. The highest BCUT2D eigenvalue weighted by Crippen LogP contribution is 2.32. The minimum absolute atomic E-state index is 0.0137. The summed E-state index contributed by atoms with van der Waals surface area (Å²) >= 11 is 12.2. The van der Waals surface area contributed by atoms with Crippen LogP contribution in [0.1, 0.15) is 22.3 Å². The number of benzene rings is 2. The molecule has 1 aliphatic heterocycles. The van der Waals surface area contributed by atoms with Crippen LogP contribution in [-0.4, -0.2) is 28.9 Å². The van der Waals surface area contributed by atoms with Crippen molar-refractivity contribution in [1.29, 1.82) is 0 Å². The Morgan fingerprint density at radius 3 is 2.72 bits per heavy atom. The molecule has 1 aromatic heterocycles. The van der Waals surface area contributed by atoms with Crippen LogP contribution in [-0.2, 0) is 0 Å². The quantitative estimate of drug-likeness (QED) is 0.643. The van der Waals surface area contributed by atoms with E-state index in [1.807, 2.05) is 23.2 Å². The van der Waals surface area contributed by atoms with Gasteiger partial charge in [0.15, 0.2) is 0 Å². The normalized spacial score (nSPS) is 14.6. The number of carbonyl (C=O) groups is 1. The van der Waals surface area contributed by atoms with E-state index in [0.717, 1.165) is 27.9 Å². The number of rotatable bonds is 2. The minimum Gasteiger partial charge on any atom is -0.359 e. The average Bonchev–Trinajstić information content (AvgIpc) is 3.07. The maximum absolute atomic E-state index is 12.6. The molecule has 25 heavy (non-hydrogen) atoms. The first kappa shape index (κ1) is 16.2. The van der Waals surface area contributed by atoms with Gasteiger partial charge in [0.05, 0.1) is 10.5 Å². The maximum Gasteiger partial charge on any atom is 0.254 e. The number of H-pyrrole nitrogens is 1. The summed E-state index contributed by atoms with van der Waals surface area (Å²) in [7, 11) is 0. The zero-order chi connectivity index (χ0) is 17.4. The van der Waals surface area contributed by atoms with Crippen molar-refractivity contribution in [3.8, 4) is 0 Å². The van der Waals surface area contributed by atoms with E-state index < -0.39 is 0 Å². The molecule has 0 saturated heterocycles. The van der Waals surface area contributed by atoms with E-state index in [2.05, 4.69) is 17.1 Å². The van der Waals surface area contributed by atoms with E-state index >= 15 is 0 Å². The summed E-state index contributed by atoms with van der Waals surface area (Å²) < 4.78 is 0. The van der Waals surface area contributed by atoms with E-state index in [1.54, 1.807) is 24.3 Å². The predicted octanol–water partition coefficient (Wildman–Crippen LogP) is 5.40. The predicted molar refractivity (Wildman–Crippen MR) is 103 cm³/mol. The summed E-state index contributed by atoms with van der Waals surface area (Å²) in [5, 5.41) is 2.42. The van der Waals surface area contributed by atoms with E-state index in [1.165, 1.54) is 5.57 Å². The Morgan fingerprint density at radius 1 is 1.12 bits per heavy atom. The Balaban J connectivity index is 1.58. The van der Waals surface area contributed by atoms with E-state index in [-0.39, 0.29) is 5.91 Å². The molecule has 0 fully saturated rings. The first-order valence-corrected chi connectivity index (χ1v) is 8.89. The monoisotopic (exact) mass is 370 g/mol. The minimum atomic E-state index is 0.0137. The fraction of sp³-hybridized carbons (Fsp3) is 0.150. The van der Waals surface area contributed by atoms with Crippen LogP contribution in [0.15, 0.2) is 54.7 Å². The summed E-state index contributed by atoms with van der Waals surface area (Å²) in [6.45, 7) is 1.28. The molecule has 1 aliphatic rings. The highest BCUT2D eigenvalue weighted by Gasteiger charge is 2.21. The van der Waals surface area contributed by atoms with Gasteiger partial charge >= 0.3 is 0 Å². The lowest BCUT2D eigenvalue weighted by atomic mass is 9.98. The smallest absolute Gasteiger partial charge is 0.254 e. The summed E-state index contributed by atoms with van der Waals surface area (Å²) in [5.41, 5.74) is 3.98. The zero-order valence-corrected chi connectivity index (χ0v) is 14.9. The molecule has 5 heteroatoms. The molecule has 1 N–H and O–H groups in total. The molecule has 4 rings (SSSR count). The Labute approximate surface area is 155 Å². The summed E-state index contributed by atoms with van der Waals surface area (Å²) in [5.74, 6) is 0.0137. The van der Waals surface area contributed by atoms with Crippen LogP contribution >= 0.6 is 23.2 Å². The highest BCUT2D eigenvalue weighted by atomic mass is 35.5. The largest absolute Gasteiger partial charge is 0.359 e.